The van der Waals surface area contributed by atoms with Gasteiger partial charge in [0.2, 0.25) is 5.91 Å². The van der Waals surface area contributed by atoms with Gasteiger partial charge in [0.15, 0.2) is 0 Å². The molecule has 0 saturated heterocycles. The van der Waals surface area contributed by atoms with Gasteiger partial charge in [0.05, 0.1) is 25.9 Å². The summed E-state index contributed by atoms with van der Waals surface area (Å²) in [5.74, 6) is -0.200. The second-order valence-corrected chi connectivity index (χ2v) is 4.23. The molecule has 1 amide bonds. The Bertz CT molecular complexity index is 400. The first kappa shape index (κ1) is 18.9. The maximum atomic E-state index is 11.5. The molecule has 0 aromatic heterocycles. The summed E-state index contributed by atoms with van der Waals surface area (Å²) in [4.78, 5) is 11.5. The fourth-order valence-electron chi connectivity index (χ4n) is 1.45. The summed E-state index contributed by atoms with van der Waals surface area (Å²) in [6, 6.07) is 7.00. The molecule has 0 spiro atoms. The predicted octanol–water partition coefficient (Wildman–Crippen LogP) is 1.95. The zero-order chi connectivity index (χ0) is 14.1. The van der Waals surface area contributed by atoms with E-state index in [0.717, 1.165) is 11.3 Å². The first-order chi connectivity index (χ1) is 9.13. The van der Waals surface area contributed by atoms with E-state index in [4.69, 9.17) is 15.2 Å². The lowest BCUT2D eigenvalue weighted by atomic mass is 10.2. The Kier molecular flexibility index (Phi) is 10.0. The minimum absolute atomic E-state index is 0. The van der Waals surface area contributed by atoms with Crippen LogP contribution in [0.2, 0.25) is 0 Å². The third-order valence-corrected chi connectivity index (χ3v) is 2.45. The van der Waals surface area contributed by atoms with Gasteiger partial charge >= 0.3 is 0 Å². The second kappa shape index (κ2) is 10.6. The van der Waals surface area contributed by atoms with Gasteiger partial charge in [-0.3, -0.25) is 4.79 Å². The summed E-state index contributed by atoms with van der Waals surface area (Å²) in [6.45, 7) is 5.94. The lowest BCUT2D eigenvalue weighted by Gasteiger charge is -2.09. The number of anilines is 1. The number of nitrogens with two attached hydrogens (primary N) is 1. The summed E-state index contributed by atoms with van der Waals surface area (Å²) in [5.41, 5.74) is 7.23. The monoisotopic (exact) mass is 302 g/mol. The smallest absolute Gasteiger partial charge is 0.240 e. The van der Waals surface area contributed by atoms with Gasteiger partial charge in [0.25, 0.3) is 0 Å². The van der Waals surface area contributed by atoms with E-state index < -0.39 is 6.04 Å². The number of carbonyl (C=O) groups is 1. The van der Waals surface area contributed by atoms with Gasteiger partial charge in [-0.15, -0.1) is 12.4 Å². The van der Waals surface area contributed by atoms with Crippen LogP contribution in [0.3, 0.4) is 0 Å². The average molecular weight is 303 g/mol. The zero-order valence-corrected chi connectivity index (χ0v) is 12.7. The second-order valence-electron chi connectivity index (χ2n) is 4.23. The van der Waals surface area contributed by atoms with Crippen molar-refractivity contribution in [1.82, 2.24) is 0 Å². The van der Waals surface area contributed by atoms with Gasteiger partial charge in [0.1, 0.15) is 0 Å². The highest BCUT2D eigenvalue weighted by molar-refractivity contribution is 5.94. The van der Waals surface area contributed by atoms with Crippen molar-refractivity contribution in [3.05, 3.63) is 29.8 Å². The molecule has 0 fully saturated rings. The summed E-state index contributed by atoms with van der Waals surface area (Å²) in [6.07, 6.45) is 0. The molecule has 6 heteroatoms. The van der Waals surface area contributed by atoms with Crippen LogP contribution in [-0.2, 0) is 20.9 Å². The molecule has 5 nitrogen and oxygen atoms in total. The standard InChI is InChI=1S/C14H22N2O3.ClH/c1-3-18-7-8-19-10-12-5-4-6-13(9-12)16-14(17)11(2)15;/h4-6,9,11H,3,7-8,10,15H2,1-2H3,(H,16,17);1H/t11-;/m1./s1. The van der Waals surface area contributed by atoms with Crippen LogP contribution in [0.5, 0.6) is 0 Å². The number of nitrogens with one attached hydrogen (secondary N) is 1. The van der Waals surface area contributed by atoms with Crippen LogP contribution in [0.4, 0.5) is 5.69 Å². The minimum atomic E-state index is -0.522. The Morgan fingerprint density at radius 3 is 2.70 bits per heavy atom. The van der Waals surface area contributed by atoms with E-state index in [0.29, 0.717) is 26.4 Å². The maximum absolute atomic E-state index is 11.5. The highest BCUT2D eigenvalue weighted by atomic mass is 35.5. The molecule has 0 saturated carbocycles. The molecule has 1 aromatic carbocycles. The van der Waals surface area contributed by atoms with Gasteiger partial charge in [-0.05, 0) is 31.5 Å². The molecule has 114 valence electrons. The highest BCUT2D eigenvalue weighted by Crippen LogP contribution is 2.11. The number of benzene rings is 1. The Hall–Kier alpha value is -1.14. The van der Waals surface area contributed by atoms with Crippen LogP contribution in [-0.4, -0.2) is 31.8 Å². The number of carbonyl (C=O) groups excluding carboxylic acids is 1. The van der Waals surface area contributed by atoms with Crippen LogP contribution >= 0.6 is 12.4 Å². The fourth-order valence-corrected chi connectivity index (χ4v) is 1.45. The largest absolute Gasteiger partial charge is 0.379 e. The van der Waals surface area contributed by atoms with Crippen LogP contribution in [0, 0.1) is 0 Å². The SMILES string of the molecule is CCOCCOCc1cccc(NC(=O)[C@@H](C)N)c1.Cl. The van der Waals surface area contributed by atoms with Crippen LogP contribution in [0.1, 0.15) is 19.4 Å². The molecule has 0 aliphatic carbocycles. The fraction of sp³-hybridized carbons (Fsp3) is 0.500. The van der Waals surface area contributed by atoms with E-state index in [1.807, 2.05) is 31.2 Å². The molecule has 1 aromatic rings. The summed E-state index contributed by atoms with van der Waals surface area (Å²) in [7, 11) is 0. The lowest BCUT2D eigenvalue weighted by molar-refractivity contribution is -0.117. The minimum Gasteiger partial charge on any atom is -0.379 e. The van der Waals surface area contributed by atoms with Crippen LogP contribution in [0.25, 0.3) is 0 Å². The van der Waals surface area contributed by atoms with E-state index in [1.54, 1.807) is 6.92 Å². The number of hydrogen-bond acceptors (Lipinski definition) is 4. The van der Waals surface area contributed by atoms with Crippen molar-refractivity contribution in [3.8, 4) is 0 Å². The number of amides is 1. The Morgan fingerprint density at radius 1 is 1.35 bits per heavy atom. The van der Waals surface area contributed by atoms with Crippen LogP contribution in [0.15, 0.2) is 24.3 Å². The van der Waals surface area contributed by atoms with Gasteiger partial charge in [0, 0.05) is 12.3 Å². The van der Waals surface area contributed by atoms with E-state index in [-0.39, 0.29) is 18.3 Å². The zero-order valence-electron chi connectivity index (χ0n) is 11.9. The number of ether oxygens (including phenoxy) is 2. The van der Waals surface area contributed by atoms with E-state index >= 15 is 0 Å². The van der Waals surface area contributed by atoms with Gasteiger partial charge < -0.3 is 20.5 Å². The highest BCUT2D eigenvalue weighted by Gasteiger charge is 2.07. The Labute approximate surface area is 126 Å². The quantitative estimate of drug-likeness (QED) is 0.720. The first-order valence-electron chi connectivity index (χ1n) is 6.44. The molecule has 1 atom stereocenters. The lowest BCUT2D eigenvalue weighted by Crippen LogP contribution is -2.32. The Morgan fingerprint density at radius 2 is 2.05 bits per heavy atom. The molecule has 3 N–H and O–H groups in total. The van der Waals surface area contributed by atoms with Crippen molar-refractivity contribution >= 4 is 24.0 Å². The van der Waals surface area contributed by atoms with E-state index in [1.165, 1.54) is 0 Å². The Balaban J connectivity index is 0.00000361. The third-order valence-electron chi connectivity index (χ3n) is 2.45. The normalized spacial score (nSPS) is 11.6. The van der Waals surface area contributed by atoms with Crippen molar-refractivity contribution in [1.29, 1.82) is 0 Å². The molecule has 0 unspecified atom stereocenters. The summed E-state index contributed by atoms with van der Waals surface area (Å²) in [5, 5.41) is 2.75. The molecular formula is C14H23ClN2O3. The summed E-state index contributed by atoms with van der Waals surface area (Å²) >= 11 is 0. The van der Waals surface area contributed by atoms with Crippen molar-refractivity contribution < 1.29 is 14.3 Å². The molecule has 0 radical (unpaired) electrons. The summed E-state index contributed by atoms with van der Waals surface area (Å²) < 4.78 is 10.6. The molecule has 0 aliphatic rings. The topological polar surface area (TPSA) is 73.6 Å². The molecule has 0 bridgehead atoms. The van der Waals surface area contributed by atoms with Crippen molar-refractivity contribution in [3.63, 3.8) is 0 Å². The van der Waals surface area contributed by atoms with Gasteiger partial charge in [-0.25, -0.2) is 0 Å². The third kappa shape index (κ3) is 7.45. The first-order valence-corrected chi connectivity index (χ1v) is 6.44. The molecule has 0 aliphatic heterocycles. The average Bonchev–Trinajstić information content (AvgIpc) is 2.39. The number of hydrogen-bond donors (Lipinski definition) is 2. The molecular weight excluding hydrogens is 280 g/mol. The predicted molar refractivity (Wildman–Crippen MR) is 82.1 cm³/mol. The number of rotatable bonds is 8. The van der Waals surface area contributed by atoms with Gasteiger partial charge in [-0.2, -0.15) is 0 Å². The van der Waals surface area contributed by atoms with E-state index in [9.17, 15) is 4.79 Å². The number of halogens is 1. The van der Waals surface area contributed by atoms with Crippen molar-refractivity contribution in [2.75, 3.05) is 25.1 Å². The van der Waals surface area contributed by atoms with Crippen molar-refractivity contribution in [2.45, 2.75) is 26.5 Å². The molecule has 0 heterocycles. The van der Waals surface area contributed by atoms with Crippen LogP contribution < -0.4 is 11.1 Å². The van der Waals surface area contributed by atoms with Gasteiger partial charge in [-0.1, -0.05) is 12.1 Å². The molecule has 1 rings (SSSR count). The van der Waals surface area contributed by atoms with E-state index in [2.05, 4.69) is 5.32 Å². The van der Waals surface area contributed by atoms with Crippen molar-refractivity contribution in [2.24, 2.45) is 5.73 Å². The maximum Gasteiger partial charge on any atom is 0.240 e. The molecule has 20 heavy (non-hydrogen) atoms.